The van der Waals surface area contributed by atoms with E-state index < -0.39 is 5.60 Å². The predicted octanol–water partition coefficient (Wildman–Crippen LogP) is 2.17. The molecule has 3 rings (SSSR count). The standard InChI is InChI=1S/C16H24O5/c1-11-7-8-12(17-2)15(16(11,18-3)13-10-20-13)21-14-6-4-5-9-19-14/h7-8,13-15H,4-6,9-10H2,1-3H3. The summed E-state index contributed by atoms with van der Waals surface area (Å²) < 4.78 is 29.0. The summed E-state index contributed by atoms with van der Waals surface area (Å²) >= 11 is 0. The van der Waals surface area contributed by atoms with E-state index in [1.165, 1.54) is 0 Å². The zero-order chi connectivity index (χ0) is 14.9. The lowest BCUT2D eigenvalue weighted by atomic mass is 9.80. The van der Waals surface area contributed by atoms with E-state index in [0.717, 1.165) is 37.2 Å². The van der Waals surface area contributed by atoms with Gasteiger partial charge in [-0.05, 0) is 37.8 Å². The second kappa shape index (κ2) is 6.08. The maximum Gasteiger partial charge on any atom is 0.158 e. The SMILES string of the molecule is COC1=CC=C(C)C(OC)(C2CO2)C1OC1CCCCO1. The zero-order valence-electron chi connectivity index (χ0n) is 13.0. The van der Waals surface area contributed by atoms with Crippen LogP contribution in [0.4, 0.5) is 0 Å². The van der Waals surface area contributed by atoms with Crippen LogP contribution in [0.25, 0.3) is 0 Å². The molecule has 5 nitrogen and oxygen atoms in total. The third-order valence-corrected chi connectivity index (χ3v) is 4.57. The average molecular weight is 296 g/mol. The molecule has 5 heteroatoms. The summed E-state index contributed by atoms with van der Waals surface area (Å²) in [6.07, 6.45) is 6.55. The Morgan fingerprint density at radius 2 is 2.00 bits per heavy atom. The van der Waals surface area contributed by atoms with E-state index in [1.807, 2.05) is 19.1 Å². The molecule has 0 aromatic heterocycles. The second-order valence-corrected chi connectivity index (χ2v) is 5.75. The number of ether oxygens (including phenoxy) is 5. The molecule has 2 fully saturated rings. The number of hydrogen-bond donors (Lipinski definition) is 0. The van der Waals surface area contributed by atoms with Crippen molar-refractivity contribution in [2.24, 2.45) is 0 Å². The van der Waals surface area contributed by atoms with Crippen LogP contribution in [0.5, 0.6) is 0 Å². The molecule has 0 saturated carbocycles. The zero-order valence-corrected chi connectivity index (χ0v) is 13.0. The smallest absolute Gasteiger partial charge is 0.158 e. The van der Waals surface area contributed by atoms with E-state index in [9.17, 15) is 0 Å². The minimum Gasteiger partial charge on any atom is -0.498 e. The van der Waals surface area contributed by atoms with Crippen LogP contribution < -0.4 is 0 Å². The molecule has 2 heterocycles. The van der Waals surface area contributed by atoms with Crippen LogP contribution in [0.2, 0.25) is 0 Å². The Morgan fingerprint density at radius 1 is 1.19 bits per heavy atom. The van der Waals surface area contributed by atoms with E-state index in [4.69, 9.17) is 23.7 Å². The van der Waals surface area contributed by atoms with Crippen LogP contribution in [0.15, 0.2) is 23.5 Å². The van der Waals surface area contributed by atoms with Gasteiger partial charge in [0.05, 0.1) is 13.7 Å². The van der Waals surface area contributed by atoms with Crippen molar-refractivity contribution in [3.63, 3.8) is 0 Å². The molecular weight excluding hydrogens is 272 g/mol. The number of epoxide rings is 1. The van der Waals surface area contributed by atoms with Gasteiger partial charge in [0, 0.05) is 13.7 Å². The van der Waals surface area contributed by atoms with Crippen molar-refractivity contribution in [1.29, 1.82) is 0 Å². The summed E-state index contributed by atoms with van der Waals surface area (Å²) in [7, 11) is 3.36. The largest absolute Gasteiger partial charge is 0.498 e. The molecule has 0 radical (unpaired) electrons. The Kier molecular flexibility index (Phi) is 4.36. The van der Waals surface area contributed by atoms with Crippen molar-refractivity contribution < 1.29 is 23.7 Å². The van der Waals surface area contributed by atoms with Gasteiger partial charge in [0.15, 0.2) is 18.0 Å². The number of hydrogen-bond acceptors (Lipinski definition) is 5. The molecule has 0 aromatic carbocycles. The molecule has 118 valence electrons. The summed E-state index contributed by atoms with van der Waals surface area (Å²) in [5.74, 6) is 0.757. The highest BCUT2D eigenvalue weighted by Crippen LogP contribution is 2.44. The normalized spacial score (nSPS) is 39.5. The van der Waals surface area contributed by atoms with Crippen LogP contribution in [0, 0.1) is 0 Å². The molecule has 3 aliphatic rings. The molecule has 2 saturated heterocycles. The van der Waals surface area contributed by atoms with E-state index >= 15 is 0 Å². The van der Waals surface area contributed by atoms with E-state index in [0.29, 0.717) is 6.61 Å². The lowest BCUT2D eigenvalue weighted by molar-refractivity contribution is -0.226. The van der Waals surface area contributed by atoms with Gasteiger partial charge >= 0.3 is 0 Å². The molecule has 0 aromatic rings. The van der Waals surface area contributed by atoms with Crippen LogP contribution in [-0.4, -0.2) is 51.5 Å². The molecule has 0 N–H and O–H groups in total. The summed E-state index contributed by atoms with van der Waals surface area (Å²) in [4.78, 5) is 0. The van der Waals surface area contributed by atoms with Crippen molar-refractivity contribution >= 4 is 0 Å². The van der Waals surface area contributed by atoms with Gasteiger partial charge in [-0.3, -0.25) is 0 Å². The van der Waals surface area contributed by atoms with Gasteiger partial charge in [-0.1, -0.05) is 6.08 Å². The average Bonchev–Trinajstić information content (AvgIpc) is 3.35. The predicted molar refractivity (Wildman–Crippen MR) is 76.8 cm³/mol. The van der Waals surface area contributed by atoms with E-state index in [1.54, 1.807) is 14.2 Å². The fourth-order valence-corrected chi connectivity index (χ4v) is 3.27. The van der Waals surface area contributed by atoms with Crippen LogP contribution >= 0.6 is 0 Å². The first-order valence-corrected chi connectivity index (χ1v) is 7.59. The first kappa shape index (κ1) is 15.0. The van der Waals surface area contributed by atoms with Gasteiger partial charge in [-0.25, -0.2) is 0 Å². The Balaban J connectivity index is 1.87. The number of rotatable bonds is 5. The minimum absolute atomic E-state index is 0.00573. The highest BCUT2D eigenvalue weighted by molar-refractivity contribution is 5.37. The monoisotopic (exact) mass is 296 g/mol. The third kappa shape index (κ3) is 2.63. The molecule has 0 bridgehead atoms. The van der Waals surface area contributed by atoms with Crippen LogP contribution in [0.3, 0.4) is 0 Å². The Bertz CT molecular complexity index is 434. The van der Waals surface area contributed by atoms with Gasteiger partial charge < -0.3 is 23.7 Å². The molecule has 0 amide bonds. The summed E-state index contributed by atoms with van der Waals surface area (Å²) in [5.41, 5.74) is 0.468. The van der Waals surface area contributed by atoms with Crippen molar-refractivity contribution in [2.75, 3.05) is 27.4 Å². The van der Waals surface area contributed by atoms with E-state index in [-0.39, 0.29) is 18.5 Å². The second-order valence-electron chi connectivity index (χ2n) is 5.75. The maximum absolute atomic E-state index is 6.25. The third-order valence-electron chi connectivity index (χ3n) is 4.57. The fraction of sp³-hybridized carbons (Fsp3) is 0.750. The molecule has 21 heavy (non-hydrogen) atoms. The van der Waals surface area contributed by atoms with Crippen molar-refractivity contribution in [2.45, 2.75) is 50.3 Å². The molecule has 0 spiro atoms. The summed E-state index contributed by atoms with van der Waals surface area (Å²) in [6, 6.07) is 0. The van der Waals surface area contributed by atoms with Crippen molar-refractivity contribution in [3.05, 3.63) is 23.5 Å². The van der Waals surface area contributed by atoms with Crippen molar-refractivity contribution in [3.8, 4) is 0 Å². The number of allylic oxidation sites excluding steroid dienone is 2. The molecule has 1 aliphatic carbocycles. The van der Waals surface area contributed by atoms with Gasteiger partial charge in [0.1, 0.15) is 11.9 Å². The lowest BCUT2D eigenvalue weighted by Crippen LogP contribution is -2.55. The topological polar surface area (TPSA) is 49.5 Å². The summed E-state index contributed by atoms with van der Waals surface area (Å²) in [6.45, 7) is 3.48. The highest BCUT2D eigenvalue weighted by Gasteiger charge is 2.58. The van der Waals surface area contributed by atoms with Gasteiger partial charge in [0.25, 0.3) is 0 Å². The molecule has 4 unspecified atom stereocenters. The minimum atomic E-state index is -0.624. The first-order chi connectivity index (χ1) is 10.2. The van der Waals surface area contributed by atoms with E-state index in [2.05, 4.69) is 0 Å². The summed E-state index contributed by atoms with van der Waals surface area (Å²) in [5, 5.41) is 0. The Hall–Kier alpha value is -0.880. The maximum atomic E-state index is 6.25. The van der Waals surface area contributed by atoms with Gasteiger partial charge in [0.2, 0.25) is 0 Å². The molecular formula is C16H24O5. The molecule has 2 aliphatic heterocycles. The molecule has 4 atom stereocenters. The lowest BCUT2D eigenvalue weighted by Gasteiger charge is -2.43. The first-order valence-electron chi connectivity index (χ1n) is 7.59. The number of methoxy groups -OCH3 is 2. The fourth-order valence-electron chi connectivity index (χ4n) is 3.27. The van der Waals surface area contributed by atoms with Gasteiger partial charge in [-0.2, -0.15) is 0 Å². The highest BCUT2D eigenvalue weighted by atomic mass is 16.7. The quantitative estimate of drug-likeness (QED) is 0.728. The Labute approximate surface area is 125 Å². The van der Waals surface area contributed by atoms with Gasteiger partial charge in [-0.15, -0.1) is 0 Å². The van der Waals surface area contributed by atoms with Crippen LogP contribution in [0.1, 0.15) is 26.2 Å². The van der Waals surface area contributed by atoms with Crippen LogP contribution in [-0.2, 0) is 23.7 Å². The van der Waals surface area contributed by atoms with Crippen molar-refractivity contribution in [1.82, 2.24) is 0 Å². The Morgan fingerprint density at radius 3 is 2.57 bits per heavy atom.